The summed E-state index contributed by atoms with van der Waals surface area (Å²) in [4.78, 5) is 10.0. The lowest BCUT2D eigenvalue weighted by Crippen LogP contribution is -2.19. The van der Waals surface area contributed by atoms with Crippen LogP contribution in [0.15, 0.2) is 12.2 Å². The molecule has 0 amide bonds. The largest absolute Gasteiger partial charge is 0.478 e. The van der Waals surface area contributed by atoms with Gasteiger partial charge in [0.2, 0.25) is 0 Å². The fourth-order valence-corrected chi connectivity index (χ4v) is 0.829. The maximum absolute atomic E-state index is 10.0. The van der Waals surface area contributed by atoms with Crippen molar-refractivity contribution < 1.29 is 9.90 Å². The number of carboxylic acids is 1. The first kappa shape index (κ1) is 10.2. The Morgan fingerprint density at radius 1 is 1.64 bits per heavy atom. The molecule has 1 atom stereocenters. The molecule has 0 aliphatic heterocycles. The summed E-state index contributed by atoms with van der Waals surface area (Å²) < 4.78 is 0. The van der Waals surface area contributed by atoms with Gasteiger partial charge < -0.3 is 10.8 Å². The highest BCUT2D eigenvalue weighted by Crippen LogP contribution is 2.02. The van der Waals surface area contributed by atoms with Crippen molar-refractivity contribution in [2.45, 2.75) is 26.3 Å². The second kappa shape index (κ2) is 4.91. The summed E-state index contributed by atoms with van der Waals surface area (Å²) in [6.07, 6.45) is 3.43. The van der Waals surface area contributed by atoms with Crippen LogP contribution in [-0.4, -0.2) is 17.1 Å². The molecule has 3 heteroatoms. The highest BCUT2D eigenvalue weighted by Gasteiger charge is 2.00. The van der Waals surface area contributed by atoms with Crippen LogP contribution in [0.1, 0.15) is 20.3 Å². The molecule has 3 N–H and O–H groups in total. The smallest absolute Gasteiger partial charge is 0.328 e. The molecule has 0 aliphatic rings. The molecule has 0 heterocycles. The Morgan fingerprint density at radius 2 is 2.18 bits per heavy atom. The standard InChI is InChI=1S/C8H15NO2/c1-6(2)5-7(9)3-4-8(10)11/h3-4,6-7H,5,9H2,1-2H3,(H,10,11)/b4-3+/t7-/m0/s1. The van der Waals surface area contributed by atoms with Crippen molar-refractivity contribution in [3.63, 3.8) is 0 Å². The Hall–Kier alpha value is -0.830. The molecular formula is C8H15NO2. The van der Waals surface area contributed by atoms with Crippen molar-refractivity contribution in [1.82, 2.24) is 0 Å². The Kier molecular flexibility index (Phi) is 4.54. The zero-order valence-corrected chi connectivity index (χ0v) is 6.95. The average molecular weight is 157 g/mol. The highest BCUT2D eigenvalue weighted by molar-refractivity contribution is 5.79. The topological polar surface area (TPSA) is 63.3 Å². The monoisotopic (exact) mass is 157 g/mol. The lowest BCUT2D eigenvalue weighted by molar-refractivity contribution is -0.131. The summed E-state index contributed by atoms with van der Waals surface area (Å²) in [5.74, 6) is -0.437. The van der Waals surface area contributed by atoms with Gasteiger partial charge in [0, 0.05) is 12.1 Å². The van der Waals surface area contributed by atoms with E-state index in [2.05, 4.69) is 13.8 Å². The first-order valence-corrected chi connectivity index (χ1v) is 3.69. The van der Waals surface area contributed by atoms with E-state index in [4.69, 9.17) is 10.8 Å². The maximum Gasteiger partial charge on any atom is 0.328 e. The molecular weight excluding hydrogens is 142 g/mol. The van der Waals surface area contributed by atoms with Crippen LogP contribution >= 0.6 is 0 Å². The van der Waals surface area contributed by atoms with Gasteiger partial charge in [-0.2, -0.15) is 0 Å². The van der Waals surface area contributed by atoms with Crippen LogP contribution in [0.2, 0.25) is 0 Å². The predicted molar refractivity (Wildman–Crippen MR) is 44.2 cm³/mol. The molecule has 3 nitrogen and oxygen atoms in total. The third kappa shape index (κ3) is 7.06. The van der Waals surface area contributed by atoms with E-state index < -0.39 is 5.97 Å². The zero-order valence-electron chi connectivity index (χ0n) is 6.95. The minimum absolute atomic E-state index is 0.133. The quantitative estimate of drug-likeness (QED) is 0.598. The van der Waals surface area contributed by atoms with Gasteiger partial charge >= 0.3 is 5.97 Å². The molecule has 11 heavy (non-hydrogen) atoms. The van der Waals surface area contributed by atoms with E-state index in [9.17, 15) is 4.79 Å². The Balaban J connectivity index is 3.68. The summed E-state index contributed by atoms with van der Waals surface area (Å²) in [6.45, 7) is 4.10. The number of carbonyl (C=O) groups is 1. The molecule has 0 aliphatic carbocycles. The molecule has 64 valence electrons. The van der Waals surface area contributed by atoms with Crippen molar-refractivity contribution in [2.75, 3.05) is 0 Å². The second-order valence-electron chi connectivity index (χ2n) is 2.99. The third-order valence-corrected chi connectivity index (χ3v) is 1.23. The van der Waals surface area contributed by atoms with Gasteiger partial charge in [-0.25, -0.2) is 4.79 Å². The Labute approximate surface area is 66.9 Å². The molecule has 0 saturated carbocycles. The summed E-state index contributed by atoms with van der Waals surface area (Å²) in [5, 5.41) is 8.25. The molecule has 0 saturated heterocycles. The van der Waals surface area contributed by atoms with Crippen LogP contribution in [0, 0.1) is 5.92 Å². The van der Waals surface area contributed by atoms with Gasteiger partial charge in [0.15, 0.2) is 0 Å². The molecule has 0 bridgehead atoms. The molecule has 0 aromatic rings. The first-order chi connectivity index (χ1) is 5.02. The van der Waals surface area contributed by atoms with Gasteiger partial charge in [-0.3, -0.25) is 0 Å². The lowest BCUT2D eigenvalue weighted by Gasteiger charge is -2.07. The Bertz CT molecular complexity index is 152. The van der Waals surface area contributed by atoms with Crippen LogP contribution in [-0.2, 0) is 4.79 Å². The number of rotatable bonds is 4. The van der Waals surface area contributed by atoms with Gasteiger partial charge in [0.25, 0.3) is 0 Å². The molecule has 0 aromatic carbocycles. The summed E-state index contributed by atoms with van der Waals surface area (Å²) >= 11 is 0. The number of aliphatic carboxylic acids is 1. The van der Waals surface area contributed by atoms with E-state index >= 15 is 0 Å². The van der Waals surface area contributed by atoms with Crippen molar-refractivity contribution in [3.05, 3.63) is 12.2 Å². The van der Waals surface area contributed by atoms with E-state index in [1.165, 1.54) is 6.08 Å². The van der Waals surface area contributed by atoms with Crippen LogP contribution in [0.3, 0.4) is 0 Å². The van der Waals surface area contributed by atoms with Gasteiger partial charge in [-0.1, -0.05) is 19.9 Å². The van der Waals surface area contributed by atoms with E-state index in [1.807, 2.05) is 0 Å². The summed E-state index contributed by atoms with van der Waals surface area (Å²) in [6, 6.07) is -0.133. The van der Waals surface area contributed by atoms with Crippen molar-refractivity contribution >= 4 is 5.97 Å². The second-order valence-corrected chi connectivity index (χ2v) is 2.99. The van der Waals surface area contributed by atoms with E-state index in [1.54, 1.807) is 0 Å². The molecule has 0 rings (SSSR count). The highest BCUT2D eigenvalue weighted by atomic mass is 16.4. The van der Waals surface area contributed by atoms with Crippen molar-refractivity contribution in [2.24, 2.45) is 11.7 Å². The number of nitrogens with two attached hydrogens (primary N) is 1. The summed E-state index contributed by atoms with van der Waals surface area (Å²) in [5.41, 5.74) is 5.57. The third-order valence-electron chi connectivity index (χ3n) is 1.23. The fraction of sp³-hybridized carbons (Fsp3) is 0.625. The lowest BCUT2D eigenvalue weighted by atomic mass is 10.0. The normalized spacial score (nSPS) is 14.2. The number of hydrogen-bond acceptors (Lipinski definition) is 2. The minimum atomic E-state index is -0.941. The minimum Gasteiger partial charge on any atom is -0.478 e. The van der Waals surface area contributed by atoms with Crippen LogP contribution < -0.4 is 5.73 Å². The summed E-state index contributed by atoms with van der Waals surface area (Å²) in [7, 11) is 0. The van der Waals surface area contributed by atoms with Gasteiger partial charge in [0.1, 0.15) is 0 Å². The van der Waals surface area contributed by atoms with E-state index in [0.29, 0.717) is 5.92 Å². The van der Waals surface area contributed by atoms with Gasteiger partial charge in [-0.15, -0.1) is 0 Å². The van der Waals surface area contributed by atoms with Gasteiger partial charge in [0.05, 0.1) is 0 Å². The molecule has 0 radical (unpaired) electrons. The molecule has 0 spiro atoms. The fourth-order valence-electron chi connectivity index (χ4n) is 0.829. The molecule has 0 unspecified atom stereocenters. The molecule has 0 fully saturated rings. The zero-order chi connectivity index (χ0) is 8.85. The van der Waals surface area contributed by atoms with Crippen LogP contribution in [0.4, 0.5) is 0 Å². The van der Waals surface area contributed by atoms with Crippen molar-refractivity contribution in [3.8, 4) is 0 Å². The van der Waals surface area contributed by atoms with Gasteiger partial charge in [-0.05, 0) is 12.3 Å². The average Bonchev–Trinajstić information content (AvgIpc) is 1.82. The first-order valence-electron chi connectivity index (χ1n) is 3.69. The van der Waals surface area contributed by atoms with E-state index in [0.717, 1.165) is 12.5 Å². The van der Waals surface area contributed by atoms with Crippen LogP contribution in [0.25, 0.3) is 0 Å². The van der Waals surface area contributed by atoms with Crippen LogP contribution in [0.5, 0.6) is 0 Å². The maximum atomic E-state index is 10.0. The SMILES string of the molecule is CC(C)C[C@@H](N)/C=C/C(=O)O. The van der Waals surface area contributed by atoms with E-state index in [-0.39, 0.29) is 6.04 Å². The van der Waals surface area contributed by atoms with Crippen molar-refractivity contribution in [1.29, 1.82) is 0 Å². The molecule has 0 aromatic heterocycles. The predicted octanol–water partition coefficient (Wildman–Crippen LogP) is 1.00. The number of hydrogen-bond donors (Lipinski definition) is 2. The Morgan fingerprint density at radius 3 is 2.55 bits per heavy atom. The number of carboxylic acid groups (broad SMARTS) is 1.